The zero-order chi connectivity index (χ0) is 21.3. The molecule has 1 atom stereocenters. The Morgan fingerprint density at radius 2 is 2.17 bits per heavy atom. The molecule has 1 aromatic carbocycles. The fraction of sp³-hybridized carbons (Fsp3) is 0.381. The average Bonchev–Trinajstić information content (AvgIpc) is 3.27. The number of thiophene rings is 1. The highest BCUT2D eigenvalue weighted by atomic mass is 32.1. The van der Waals surface area contributed by atoms with E-state index >= 15 is 0 Å². The molecule has 9 heteroatoms. The Hall–Kier alpha value is -2.94. The maximum absolute atomic E-state index is 13.2. The number of carbonyl (C=O) groups excluding carboxylic acids is 2. The molecule has 0 bridgehead atoms. The molecule has 0 radical (unpaired) electrons. The topological polar surface area (TPSA) is 79.3 Å². The number of urea groups is 1. The summed E-state index contributed by atoms with van der Waals surface area (Å²) in [6.07, 6.45) is 1.84. The molecule has 0 aliphatic carbocycles. The highest BCUT2D eigenvalue weighted by molar-refractivity contribution is 7.20. The minimum atomic E-state index is -0.401. The average molecular weight is 430 g/mol. The Balaban J connectivity index is 1.33. The number of halogens is 1. The Kier molecular flexibility index (Phi) is 5.72. The van der Waals surface area contributed by atoms with Gasteiger partial charge in [0.1, 0.15) is 10.6 Å². The van der Waals surface area contributed by atoms with E-state index in [1.807, 2.05) is 29.6 Å². The van der Waals surface area contributed by atoms with Gasteiger partial charge in [-0.25, -0.2) is 9.18 Å². The Labute approximate surface area is 177 Å². The van der Waals surface area contributed by atoms with Crippen LogP contribution in [0, 0.1) is 18.7 Å². The van der Waals surface area contributed by atoms with Gasteiger partial charge in [-0.15, -0.1) is 11.3 Å². The number of aryl methyl sites for hydroxylation is 2. The molecule has 0 spiro atoms. The summed E-state index contributed by atoms with van der Waals surface area (Å²) in [4.78, 5) is 28.7. The molecular formula is C21H24FN5O2S. The van der Waals surface area contributed by atoms with Crippen LogP contribution >= 0.6 is 11.3 Å². The summed E-state index contributed by atoms with van der Waals surface area (Å²) in [6, 6.07) is 7.32. The fourth-order valence-corrected chi connectivity index (χ4v) is 4.95. The van der Waals surface area contributed by atoms with Crippen molar-refractivity contribution in [1.29, 1.82) is 0 Å². The summed E-state index contributed by atoms with van der Waals surface area (Å²) in [5.41, 5.74) is 1.33. The van der Waals surface area contributed by atoms with Crippen molar-refractivity contribution in [2.45, 2.75) is 19.8 Å². The van der Waals surface area contributed by atoms with Gasteiger partial charge in [-0.05, 0) is 49.9 Å². The quantitative estimate of drug-likeness (QED) is 0.663. The van der Waals surface area contributed by atoms with Crippen LogP contribution in [0.25, 0.3) is 10.2 Å². The van der Waals surface area contributed by atoms with Gasteiger partial charge < -0.3 is 15.5 Å². The van der Waals surface area contributed by atoms with Crippen LogP contribution in [0.3, 0.4) is 0 Å². The van der Waals surface area contributed by atoms with E-state index < -0.39 is 5.82 Å². The van der Waals surface area contributed by atoms with Crippen LogP contribution in [0.5, 0.6) is 0 Å². The van der Waals surface area contributed by atoms with Crippen molar-refractivity contribution in [1.82, 2.24) is 20.0 Å². The zero-order valence-electron chi connectivity index (χ0n) is 16.9. The zero-order valence-corrected chi connectivity index (χ0v) is 17.8. The largest absolute Gasteiger partial charge is 0.338 e. The number of nitrogens with zero attached hydrogens (tertiary/aromatic N) is 3. The van der Waals surface area contributed by atoms with Crippen molar-refractivity contribution >= 4 is 39.2 Å². The number of aromatic nitrogens is 2. The van der Waals surface area contributed by atoms with Crippen molar-refractivity contribution < 1.29 is 14.0 Å². The predicted molar refractivity (Wildman–Crippen MR) is 115 cm³/mol. The standard InChI is InChI=1S/C21H24FN5O2S/c1-13-17-10-18(30-20(17)26(2)25-13)19(28)27-8-4-5-14(12-27)11-23-21(29)24-16-7-3-6-15(22)9-16/h3,6-7,9-10,14H,4-5,8,11-12H2,1-2H3,(H2,23,24,29). The maximum atomic E-state index is 13.2. The highest BCUT2D eigenvalue weighted by Gasteiger charge is 2.26. The highest BCUT2D eigenvalue weighted by Crippen LogP contribution is 2.29. The lowest BCUT2D eigenvalue weighted by Crippen LogP contribution is -2.44. The molecule has 1 saturated heterocycles. The van der Waals surface area contributed by atoms with E-state index in [2.05, 4.69) is 15.7 Å². The van der Waals surface area contributed by atoms with Gasteiger partial charge in [0, 0.05) is 37.8 Å². The van der Waals surface area contributed by atoms with Crippen LogP contribution in [0.1, 0.15) is 28.2 Å². The van der Waals surface area contributed by atoms with E-state index in [0.717, 1.165) is 40.2 Å². The van der Waals surface area contributed by atoms with Gasteiger partial charge in [0.25, 0.3) is 5.91 Å². The Morgan fingerprint density at radius 3 is 2.93 bits per heavy atom. The lowest BCUT2D eigenvalue weighted by atomic mass is 9.98. The molecule has 2 aromatic heterocycles. The Morgan fingerprint density at radius 1 is 1.33 bits per heavy atom. The molecule has 7 nitrogen and oxygen atoms in total. The number of piperidine rings is 1. The first kappa shape index (κ1) is 20.3. The van der Waals surface area contributed by atoms with Crippen LogP contribution in [-0.2, 0) is 7.05 Å². The van der Waals surface area contributed by atoms with Crippen LogP contribution < -0.4 is 10.6 Å². The number of likely N-dealkylation sites (tertiary alicyclic amines) is 1. The SMILES string of the molecule is Cc1nn(C)c2sc(C(=O)N3CCCC(CNC(=O)Nc4cccc(F)c4)C3)cc12. The van der Waals surface area contributed by atoms with Crippen molar-refractivity contribution in [3.05, 3.63) is 46.7 Å². The van der Waals surface area contributed by atoms with Gasteiger partial charge >= 0.3 is 6.03 Å². The second-order valence-corrected chi connectivity index (χ2v) is 8.67. The molecule has 158 valence electrons. The van der Waals surface area contributed by atoms with Crippen LogP contribution in [0.2, 0.25) is 0 Å². The molecule has 4 rings (SSSR count). The molecule has 1 aliphatic rings. The van der Waals surface area contributed by atoms with Crippen LogP contribution in [0.15, 0.2) is 30.3 Å². The summed E-state index contributed by atoms with van der Waals surface area (Å²) in [5, 5.41) is 10.9. The number of hydrogen-bond donors (Lipinski definition) is 2. The predicted octanol–water partition coefficient (Wildman–Crippen LogP) is 3.76. The first-order chi connectivity index (χ1) is 14.4. The van der Waals surface area contributed by atoms with Crippen molar-refractivity contribution in [3.63, 3.8) is 0 Å². The third-order valence-electron chi connectivity index (χ3n) is 5.35. The van der Waals surface area contributed by atoms with E-state index in [9.17, 15) is 14.0 Å². The summed E-state index contributed by atoms with van der Waals surface area (Å²) in [6.45, 7) is 3.72. The number of fused-ring (bicyclic) bond motifs is 1. The van der Waals surface area contributed by atoms with Crippen molar-refractivity contribution in [3.8, 4) is 0 Å². The number of anilines is 1. The lowest BCUT2D eigenvalue weighted by molar-refractivity contribution is 0.0680. The van der Waals surface area contributed by atoms with E-state index in [4.69, 9.17) is 0 Å². The fourth-order valence-electron chi connectivity index (χ4n) is 3.86. The molecule has 0 saturated carbocycles. The maximum Gasteiger partial charge on any atom is 0.319 e. The Bertz CT molecular complexity index is 1060. The number of rotatable bonds is 4. The molecule has 2 N–H and O–H groups in total. The van der Waals surface area contributed by atoms with E-state index in [1.165, 1.54) is 23.5 Å². The number of benzene rings is 1. The van der Waals surface area contributed by atoms with Gasteiger partial charge in [0.15, 0.2) is 0 Å². The molecular weight excluding hydrogens is 405 g/mol. The molecule has 1 aliphatic heterocycles. The number of hydrogen-bond acceptors (Lipinski definition) is 4. The van der Waals surface area contributed by atoms with Crippen LogP contribution in [-0.4, -0.2) is 46.3 Å². The first-order valence-corrected chi connectivity index (χ1v) is 10.7. The summed E-state index contributed by atoms with van der Waals surface area (Å²) in [5.74, 6) is -0.190. The van der Waals surface area contributed by atoms with Gasteiger partial charge in [-0.1, -0.05) is 6.07 Å². The van der Waals surface area contributed by atoms with E-state index in [0.29, 0.717) is 18.8 Å². The summed E-state index contributed by atoms with van der Waals surface area (Å²) in [7, 11) is 1.89. The molecule has 3 aromatic rings. The third kappa shape index (κ3) is 4.30. The molecule has 1 unspecified atom stereocenters. The number of carbonyl (C=O) groups is 2. The number of amides is 3. The monoisotopic (exact) mass is 429 g/mol. The van der Waals surface area contributed by atoms with E-state index in [1.54, 1.807) is 12.1 Å². The third-order valence-corrected chi connectivity index (χ3v) is 6.54. The summed E-state index contributed by atoms with van der Waals surface area (Å²) >= 11 is 1.47. The van der Waals surface area contributed by atoms with Crippen LogP contribution in [0.4, 0.5) is 14.9 Å². The van der Waals surface area contributed by atoms with Gasteiger partial charge in [0.2, 0.25) is 0 Å². The smallest absolute Gasteiger partial charge is 0.319 e. The molecule has 3 amide bonds. The second kappa shape index (κ2) is 8.43. The van der Waals surface area contributed by atoms with Gasteiger partial charge in [0.05, 0.1) is 10.6 Å². The minimum absolute atomic E-state index is 0.0320. The van der Waals surface area contributed by atoms with Crippen molar-refractivity contribution in [2.24, 2.45) is 13.0 Å². The van der Waals surface area contributed by atoms with Gasteiger partial charge in [-0.2, -0.15) is 5.10 Å². The molecule has 3 heterocycles. The molecule has 1 fully saturated rings. The first-order valence-electron chi connectivity index (χ1n) is 9.93. The normalized spacial score (nSPS) is 16.6. The molecule has 30 heavy (non-hydrogen) atoms. The van der Waals surface area contributed by atoms with Crippen molar-refractivity contribution in [2.75, 3.05) is 25.0 Å². The second-order valence-electron chi connectivity index (χ2n) is 7.64. The lowest BCUT2D eigenvalue weighted by Gasteiger charge is -2.32. The summed E-state index contributed by atoms with van der Waals surface area (Å²) < 4.78 is 15.0. The van der Waals surface area contributed by atoms with E-state index in [-0.39, 0.29) is 17.9 Å². The number of nitrogens with one attached hydrogen (secondary N) is 2. The minimum Gasteiger partial charge on any atom is -0.338 e. The van der Waals surface area contributed by atoms with Gasteiger partial charge in [-0.3, -0.25) is 9.48 Å².